The van der Waals surface area contributed by atoms with Gasteiger partial charge in [0, 0.05) is 28.0 Å². The van der Waals surface area contributed by atoms with Crippen LogP contribution in [0.25, 0.3) is 16.6 Å². The third kappa shape index (κ3) is 3.50. The maximum atomic E-state index is 12.7. The number of benzene rings is 3. The summed E-state index contributed by atoms with van der Waals surface area (Å²) in [5.74, 6) is -0.0635. The van der Waals surface area contributed by atoms with Crippen LogP contribution in [0, 0.1) is 13.8 Å². The van der Waals surface area contributed by atoms with Crippen LogP contribution in [-0.4, -0.2) is 18.8 Å². The number of aromatic nitrogens is 1. The van der Waals surface area contributed by atoms with Crippen LogP contribution in [0.5, 0.6) is 0 Å². The predicted octanol–water partition coefficient (Wildman–Crippen LogP) is 5.25. The molecule has 0 aliphatic heterocycles. The van der Waals surface area contributed by atoms with E-state index in [1.54, 1.807) is 42.5 Å². The van der Waals surface area contributed by atoms with Crippen molar-refractivity contribution < 1.29 is 13.2 Å². The first-order valence-corrected chi connectivity index (χ1v) is 11.1. The molecule has 152 valence electrons. The molecule has 0 amide bonds. The molecule has 3 aromatic carbocycles. The van der Waals surface area contributed by atoms with E-state index in [-0.39, 0.29) is 10.7 Å². The molecule has 0 fully saturated rings. The fraction of sp³-hybridized carbons (Fsp3) is 0.125. The van der Waals surface area contributed by atoms with Crippen LogP contribution in [0.1, 0.15) is 28.5 Å². The van der Waals surface area contributed by atoms with Gasteiger partial charge in [-0.2, -0.15) is 0 Å². The molecule has 0 saturated carbocycles. The van der Waals surface area contributed by atoms with E-state index in [2.05, 4.69) is 4.72 Å². The SMILES string of the molecule is CC(=O)c1c(C)n(-c2ccc(C)cc2)c2ccc(NS(=O)(=O)c3ccccc3)cc12. The Bertz CT molecular complexity index is 1350. The second-order valence-electron chi connectivity index (χ2n) is 7.34. The lowest BCUT2D eigenvalue weighted by Gasteiger charge is -2.10. The van der Waals surface area contributed by atoms with E-state index in [9.17, 15) is 13.2 Å². The van der Waals surface area contributed by atoms with Crippen molar-refractivity contribution in [3.8, 4) is 5.69 Å². The first kappa shape index (κ1) is 19.9. The number of hydrogen-bond donors (Lipinski definition) is 1. The monoisotopic (exact) mass is 418 g/mol. The van der Waals surface area contributed by atoms with E-state index < -0.39 is 10.0 Å². The summed E-state index contributed by atoms with van der Waals surface area (Å²) in [5, 5.41) is 0.717. The average molecular weight is 419 g/mol. The van der Waals surface area contributed by atoms with Gasteiger partial charge in [-0.3, -0.25) is 9.52 Å². The van der Waals surface area contributed by atoms with E-state index in [0.29, 0.717) is 16.6 Å². The number of aryl methyl sites for hydroxylation is 1. The molecule has 0 aliphatic carbocycles. The number of nitrogens with one attached hydrogen (secondary N) is 1. The van der Waals surface area contributed by atoms with Gasteiger partial charge in [0.2, 0.25) is 0 Å². The molecule has 0 unspecified atom stereocenters. The molecule has 0 atom stereocenters. The number of ketones is 1. The number of nitrogens with zero attached hydrogens (tertiary/aromatic N) is 1. The first-order chi connectivity index (χ1) is 14.3. The molecular weight excluding hydrogens is 396 g/mol. The summed E-state index contributed by atoms with van der Waals surface area (Å²) in [5.41, 5.74) is 4.78. The lowest BCUT2D eigenvalue weighted by Crippen LogP contribution is -2.12. The number of carbonyl (C=O) groups is 1. The van der Waals surface area contributed by atoms with E-state index in [0.717, 1.165) is 22.5 Å². The molecule has 4 rings (SSSR count). The Morgan fingerprint density at radius 2 is 1.57 bits per heavy atom. The third-order valence-electron chi connectivity index (χ3n) is 5.15. The van der Waals surface area contributed by atoms with Gasteiger partial charge in [-0.05, 0) is 63.2 Å². The smallest absolute Gasteiger partial charge is 0.261 e. The molecule has 0 spiro atoms. The highest BCUT2D eigenvalue weighted by Crippen LogP contribution is 2.32. The molecule has 0 aliphatic rings. The minimum Gasteiger partial charge on any atom is -0.313 e. The van der Waals surface area contributed by atoms with Crippen molar-refractivity contribution in [1.82, 2.24) is 4.57 Å². The Balaban J connectivity index is 1.86. The quantitative estimate of drug-likeness (QED) is 0.450. The van der Waals surface area contributed by atoms with Gasteiger partial charge in [0.05, 0.1) is 10.4 Å². The van der Waals surface area contributed by atoms with Crippen LogP contribution in [-0.2, 0) is 10.0 Å². The maximum Gasteiger partial charge on any atom is 0.261 e. The number of rotatable bonds is 5. The first-order valence-electron chi connectivity index (χ1n) is 9.59. The highest BCUT2D eigenvalue weighted by atomic mass is 32.2. The summed E-state index contributed by atoms with van der Waals surface area (Å²) in [4.78, 5) is 12.6. The van der Waals surface area contributed by atoms with Crippen molar-refractivity contribution in [3.63, 3.8) is 0 Å². The van der Waals surface area contributed by atoms with Crippen LogP contribution < -0.4 is 4.72 Å². The van der Waals surface area contributed by atoms with Crippen LogP contribution in [0.4, 0.5) is 5.69 Å². The topological polar surface area (TPSA) is 68.2 Å². The van der Waals surface area contributed by atoms with Gasteiger partial charge in [-0.15, -0.1) is 0 Å². The van der Waals surface area contributed by atoms with Gasteiger partial charge in [0.25, 0.3) is 10.0 Å². The zero-order valence-electron chi connectivity index (χ0n) is 17.0. The molecule has 0 saturated heterocycles. The van der Waals surface area contributed by atoms with Crippen LogP contribution in [0.15, 0.2) is 77.7 Å². The summed E-state index contributed by atoms with van der Waals surface area (Å²) < 4.78 is 30.0. The number of anilines is 1. The predicted molar refractivity (Wildman–Crippen MR) is 120 cm³/mol. The molecule has 0 radical (unpaired) electrons. The number of fused-ring (bicyclic) bond motifs is 1. The van der Waals surface area contributed by atoms with Gasteiger partial charge in [-0.25, -0.2) is 8.42 Å². The number of hydrogen-bond acceptors (Lipinski definition) is 3. The molecule has 30 heavy (non-hydrogen) atoms. The minimum absolute atomic E-state index is 0.0635. The molecule has 4 aromatic rings. The van der Waals surface area contributed by atoms with Crippen molar-refractivity contribution >= 4 is 32.4 Å². The lowest BCUT2D eigenvalue weighted by molar-refractivity contribution is 0.101. The normalized spacial score (nSPS) is 11.6. The van der Waals surface area contributed by atoms with Gasteiger partial charge in [0.15, 0.2) is 5.78 Å². The zero-order valence-corrected chi connectivity index (χ0v) is 17.8. The third-order valence-corrected chi connectivity index (χ3v) is 6.55. The van der Waals surface area contributed by atoms with Crippen molar-refractivity contribution in [3.05, 3.63) is 89.6 Å². The Hall–Kier alpha value is -3.38. The van der Waals surface area contributed by atoms with Crippen molar-refractivity contribution in [2.75, 3.05) is 4.72 Å². The van der Waals surface area contributed by atoms with Crippen molar-refractivity contribution in [1.29, 1.82) is 0 Å². The number of Topliss-reactive ketones (excluding diaryl/α,β-unsaturated/α-hetero) is 1. The summed E-state index contributed by atoms with van der Waals surface area (Å²) in [6.45, 7) is 5.46. The average Bonchev–Trinajstić information content (AvgIpc) is 3.00. The molecule has 1 N–H and O–H groups in total. The van der Waals surface area contributed by atoms with Gasteiger partial charge < -0.3 is 4.57 Å². The summed E-state index contributed by atoms with van der Waals surface area (Å²) >= 11 is 0. The lowest BCUT2D eigenvalue weighted by atomic mass is 10.1. The zero-order chi connectivity index (χ0) is 21.5. The Kier molecular flexibility index (Phi) is 4.95. The highest BCUT2D eigenvalue weighted by Gasteiger charge is 2.20. The largest absolute Gasteiger partial charge is 0.313 e. The van der Waals surface area contributed by atoms with Gasteiger partial charge >= 0.3 is 0 Å². The van der Waals surface area contributed by atoms with Crippen molar-refractivity contribution in [2.24, 2.45) is 0 Å². The number of sulfonamides is 1. The van der Waals surface area contributed by atoms with E-state index in [1.807, 2.05) is 48.7 Å². The summed E-state index contributed by atoms with van der Waals surface area (Å²) in [7, 11) is -3.72. The maximum absolute atomic E-state index is 12.7. The van der Waals surface area contributed by atoms with Crippen LogP contribution in [0.2, 0.25) is 0 Å². The molecule has 6 heteroatoms. The second-order valence-corrected chi connectivity index (χ2v) is 9.02. The van der Waals surface area contributed by atoms with Gasteiger partial charge in [-0.1, -0.05) is 35.9 Å². The van der Waals surface area contributed by atoms with E-state index >= 15 is 0 Å². The van der Waals surface area contributed by atoms with Gasteiger partial charge in [0.1, 0.15) is 0 Å². The molecular formula is C24H22N2O3S. The standard InChI is InChI=1S/C24H22N2O3S/c1-16-9-12-20(13-10-16)26-17(2)24(18(3)27)22-15-19(11-14-23(22)26)25-30(28,29)21-7-5-4-6-8-21/h4-15,25H,1-3H3. The van der Waals surface area contributed by atoms with Crippen molar-refractivity contribution in [2.45, 2.75) is 25.7 Å². The van der Waals surface area contributed by atoms with Crippen LogP contribution in [0.3, 0.4) is 0 Å². The minimum atomic E-state index is -3.72. The second kappa shape index (κ2) is 7.46. The fourth-order valence-electron chi connectivity index (χ4n) is 3.77. The Morgan fingerprint density at radius 1 is 0.900 bits per heavy atom. The van der Waals surface area contributed by atoms with E-state index in [1.165, 1.54) is 6.92 Å². The summed E-state index contributed by atoms with van der Waals surface area (Å²) in [6.07, 6.45) is 0. The molecule has 1 heterocycles. The fourth-order valence-corrected chi connectivity index (χ4v) is 4.84. The van der Waals surface area contributed by atoms with E-state index in [4.69, 9.17) is 0 Å². The Labute approximate surface area is 176 Å². The molecule has 1 aromatic heterocycles. The molecule has 5 nitrogen and oxygen atoms in total. The van der Waals surface area contributed by atoms with Crippen LogP contribution >= 0.6 is 0 Å². The molecule has 0 bridgehead atoms. The highest BCUT2D eigenvalue weighted by molar-refractivity contribution is 7.92. The Morgan fingerprint density at radius 3 is 2.20 bits per heavy atom. The summed E-state index contributed by atoms with van der Waals surface area (Å²) in [6, 6.07) is 21.6. The number of carbonyl (C=O) groups excluding carboxylic acids is 1.